The van der Waals surface area contributed by atoms with E-state index in [1.54, 1.807) is 10.7 Å². The van der Waals surface area contributed by atoms with Crippen molar-refractivity contribution in [2.45, 2.75) is 24.8 Å². The van der Waals surface area contributed by atoms with Crippen molar-refractivity contribution < 1.29 is 4.79 Å². The summed E-state index contributed by atoms with van der Waals surface area (Å²) in [6, 6.07) is 27.6. The Morgan fingerprint density at radius 2 is 1.78 bits per heavy atom. The van der Waals surface area contributed by atoms with E-state index < -0.39 is 5.41 Å². The molecule has 1 saturated carbocycles. The van der Waals surface area contributed by atoms with Crippen molar-refractivity contribution in [1.82, 2.24) is 14.6 Å². The molecule has 2 aromatic heterocycles. The molecule has 6 rings (SSSR count). The van der Waals surface area contributed by atoms with Gasteiger partial charge in [0.25, 0.3) is 0 Å². The molecule has 1 aliphatic carbocycles. The lowest BCUT2D eigenvalue weighted by atomic mass is 9.95. The minimum absolute atomic E-state index is 0.0519. The summed E-state index contributed by atoms with van der Waals surface area (Å²) in [4.78, 5) is 18.0. The SMILES string of the molecule is Bc1cnn2c(NCc3cccc(NC(=O)C4(c5ccccc5)CC4)c3)cc(-c3ccccc3Cl)nc12. The van der Waals surface area contributed by atoms with Gasteiger partial charge in [-0.1, -0.05) is 72.3 Å². The summed E-state index contributed by atoms with van der Waals surface area (Å²) in [7, 11) is 1.99. The highest BCUT2D eigenvalue weighted by atomic mass is 35.5. The molecule has 0 saturated heterocycles. The predicted molar refractivity (Wildman–Crippen MR) is 151 cm³/mol. The van der Waals surface area contributed by atoms with Crippen LogP contribution in [0.15, 0.2) is 91.1 Å². The number of anilines is 2. The second-order valence-electron chi connectivity index (χ2n) is 9.53. The molecule has 0 radical (unpaired) electrons. The number of hydrogen-bond donors (Lipinski definition) is 2. The van der Waals surface area contributed by atoms with Crippen LogP contribution in [0.1, 0.15) is 24.0 Å². The van der Waals surface area contributed by atoms with Gasteiger partial charge >= 0.3 is 0 Å². The fraction of sp³-hybridized carbons (Fsp3) is 0.138. The van der Waals surface area contributed by atoms with E-state index in [0.29, 0.717) is 11.6 Å². The molecule has 2 N–H and O–H groups in total. The van der Waals surface area contributed by atoms with Crippen molar-refractivity contribution in [2.75, 3.05) is 10.6 Å². The average molecular weight is 506 g/mol. The number of nitrogens with zero attached hydrogens (tertiary/aromatic N) is 3. The van der Waals surface area contributed by atoms with Crippen LogP contribution in [-0.2, 0) is 16.8 Å². The van der Waals surface area contributed by atoms with Crippen molar-refractivity contribution in [3.05, 3.63) is 107 Å². The van der Waals surface area contributed by atoms with Gasteiger partial charge in [-0.15, -0.1) is 0 Å². The summed E-state index contributed by atoms with van der Waals surface area (Å²) < 4.78 is 1.80. The number of amides is 1. The van der Waals surface area contributed by atoms with E-state index in [1.807, 2.05) is 92.8 Å². The third-order valence-corrected chi connectivity index (χ3v) is 7.30. The molecule has 0 spiro atoms. The second kappa shape index (κ2) is 9.41. The highest BCUT2D eigenvalue weighted by Gasteiger charge is 2.51. The minimum Gasteiger partial charge on any atom is -0.366 e. The predicted octanol–water partition coefficient (Wildman–Crippen LogP) is 4.59. The van der Waals surface area contributed by atoms with Crippen LogP contribution in [0, 0.1) is 0 Å². The van der Waals surface area contributed by atoms with Crippen molar-refractivity contribution in [3.63, 3.8) is 0 Å². The standard InChI is InChI=1S/C29H25BClN5O/c30-23-18-33-36-26(16-25(35-27(23)36)22-11-4-5-12-24(22)31)32-17-19-7-6-10-21(15-19)34-28(37)29(13-14-29)20-8-2-1-3-9-20/h1-12,15-16,18,32H,13-14,17,30H2,(H,34,37). The van der Waals surface area contributed by atoms with Gasteiger partial charge in [0.15, 0.2) is 5.65 Å². The normalized spacial score (nSPS) is 13.9. The lowest BCUT2D eigenvalue weighted by Gasteiger charge is -2.16. The van der Waals surface area contributed by atoms with Crippen LogP contribution < -0.4 is 16.1 Å². The van der Waals surface area contributed by atoms with Crippen LogP contribution in [-0.4, -0.2) is 28.4 Å². The first-order chi connectivity index (χ1) is 18.0. The number of carbonyl (C=O) groups excluding carboxylic acids is 1. The number of aromatic nitrogens is 3. The lowest BCUT2D eigenvalue weighted by molar-refractivity contribution is -0.118. The highest BCUT2D eigenvalue weighted by Crippen LogP contribution is 2.48. The molecule has 37 heavy (non-hydrogen) atoms. The van der Waals surface area contributed by atoms with Crippen LogP contribution in [0.2, 0.25) is 5.02 Å². The molecule has 3 aromatic carbocycles. The number of carbonyl (C=O) groups is 1. The molecule has 182 valence electrons. The molecule has 0 atom stereocenters. The number of rotatable bonds is 7. The summed E-state index contributed by atoms with van der Waals surface area (Å²) in [5, 5.41) is 11.8. The zero-order chi connectivity index (χ0) is 25.4. The van der Waals surface area contributed by atoms with Gasteiger partial charge in [-0.25, -0.2) is 4.98 Å². The maximum absolute atomic E-state index is 13.2. The minimum atomic E-state index is -0.411. The van der Waals surface area contributed by atoms with Crippen molar-refractivity contribution in [2.24, 2.45) is 0 Å². The van der Waals surface area contributed by atoms with Gasteiger partial charge < -0.3 is 10.6 Å². The van der Waals surface area contributed by atoms with Gasteiger partial charge in [0.2, 0.25) is 5.91 Å². The first-order valence-corrected chi connectivity index (χ1v) is 12.7. The molecule has 5 aromatic rings. The monoisotopic (exact) mass is 505 g/mol. The van der Waals surface area contributed by atoms with Crippen LogP contribution in [0.3, 0.4) is 0 Å². The fourth-order valence-corrected chi connectivity index (χ4v) is 4.97. The quantitative estimate of drug-likeness (QED) is 0.317. The summed E-state index contributed by atoms with van der Waals surface area (Å²) in [5.74, 6) is 0.861. The maximum atomic E-state index is 13.2. The molecule has 6 nitrogen and oxygen atoms in total. The van der Waals surface area contributed by atoms with E-state index in [2.05, 4.69) is 15.7 Å². The van der Waals surface area contributed by atoms with E-state index >= 15 is 0 Å². The first kappa shape index (κ1) is 23.3. The van der Waals surface area contributed by atoms with Gasteiger partial charge in [-0.05, 0) is 47.6 Å². The number of benzene rings is 3. The Hall–Kier alpha value is -4.10. The van der Waals surface area contributed by atoms with Crippen molar-refractivity contribution >= 4 is 48.0 Å². The number of nitrogens with one attached hydrogen (secondary N) is 2. The van der Waals surface area contributed by atoms with E-state index in [0.717, 1.165) is 57.8 Å². The Morgan fingerprint density at radius 3 is 2.57 bits per heavy atom. The van der Waals surface area contributed by atoms with E-state index in [1.165, 1.54) is 0 Å². The Morgan fingerprint density at radius 1 is 1.00 bits per heavy atom. The molecule has 0 unspecified atom stereocenters. The third-order valence-electron chi connectivity index (χ3n) is 6.97. The van der Waals surface area contributed by atoms with Gasteiger partial charge in [0.05, 0.1) is 11.1 Å². The van der Waals surface area contributed by atoms with Crippen molar-refractivity contribution in [3.8, 4) is 11.3 Å². The summed E-state index contributed by atoms with van der Waals surface area (Å²) >= 11 is 6.47. The van der Waals surface area contributed by atoms with E-state index in [9.17, 15) is 4.79 Å². The van der Waals surface area contributed by atoms with Crippen LogP contribution >= 0.6 is 11.6 Å². The van der Waals surface area contributed by atoms with Gasteiger partial charge in [0.1, 0.15) is 13.7 Å². The summed E-state index contributed by atoms with van der Waals surface area (Å²) in [6.45, 7) is 0.549. The number of fused-ring (bicyclic) bond motifs is 1. The largest absolute Gasteiger partial charge is 0.366 e. The van der Waals surface area contributed by atoms with E-state index in [-0.39, 0.29) is 5.91 Å². The topological polar surface area (TPSA) is 71.3 Å². The average Bonchev–Trinajstić information content (AvgIpc) is 3.66. The molecule has 1 aliphatic rings. The zero-order valence-electron chi connectivity index (χ0n) is 20.4. The Kier molecular flexibility index (Phi) is 5.93. The summed E-state index contributed by atoms with van der Waals surface area (Å²) in [6.07, 6.45) is 3.55. The maximum Gasteiger partial charge on any atom is 0.235 e. The Bertz CT molecular complexity index is 1610. The molecular formula is C29H25BClN5O. The molecule has 1 fully saturated rings. The van der Waals surface area contributed by atoms with Gasteiger partial charge in [-0.2, -0.15) is 9.61 Å². The van der Waals surface area contributed by atoms with Crippen LogP contribution in [0.5, 0.6) is 0 Å². The number of halogens is 1. The van der Waals surface area contributed by atoms with Crippen molar-refractivity contribution in [1.29, 1.82) is 0 Å². The molecule has 0 bridgehead atoms. The third kappa shape index (κ3) is 4.47. The summed E-state index contributed by atoms with van der Waals surface area (Å²) in [5.41, 5.74) is 5.90. The first-order valence-electron chi connectivity index (χ1n) is 12.3. The van der Waals surface area contributed by atoms with Gasteiger partial charge in [0, 0.05) is 35.1 Å². The molecule has 8 heteroatoms. The zero-order valence-corrected chi connectivity index (χ0v) is 21.2. The fourth-order valence-electron chi connectivity index (χ4n) is 4.74. The highest BCUT2D eigenvalue weighted by molar-refractivity contribution is 6.36. The molecular weight excluding hydrogens is 481 g/mol. The molecule has 1 amide bonds. The second-order valence-corrected chi connectivity index (χ2v) is 9.93. The van der Waals surface area contributed by atoms with Crippen LogP contribution in [0.25, 0.3) is 16.9 Å². The molecule has 2 heterocycles. The number of hydrogen-bond acceptors (Lipinski definition) is 4. The van der Waals surface area contributed by atoms with Gasteiger partial charge in [-0.3, -0.25) is 4.79 Å². The Labute approximate surface area is 221 Å². The van der Waals surface area contributed by atoms with Crippen LogP contribution in [0.4, 0.5) is 11.5 Å². The molecule has 0 aliphatic heterocycles. The van der Waals surface area contributed by atoms with E-state index in [4.69, 9.17) is 16.6 Å². The lowest BCUT2D eigenvalue weighted by Crippen LogP contribution is -2.27. The smallest absolute Gasteiger partial charge is 0.235 e. The Balaban J connectivity index is 1.23.